The molecule has 25 heavy (non-hydrogen) atoms. The molecule has 1 fully saturated rings. The van der Waals surface area contributed by atoms with Crippen molar-refractivity contribution in [2.75, 3.05) is 26.2 Å². The lowest BCUT2D eigenvalue weighted by Gasteiger charge is -2.32. The number of hydrogen-bond acceptors (Lipinski definition) is 3. The molecule has 1 N–H and O–H groups in total. The molecule has 1 aliphatic rings. The lowest BCUT2D eigenvalue weighted by atomic mass is 9.90. The zero-order chi connectivity index (χ0) is 16.8. The van der Waals surface area contributed by atoms with Gasteiger partial charge >= 0.3 is 0 Å². The lowest BCUT2D eigenvalue weighted by Crippen LogP contribution is -2.37. The highest BCUT2D eigenvalue weighted by molar-refractivity contribution is 5.85. The van der Waals surface area contributed by atoms with Crippen molar-refractivity contribution in [2.45, 2.75) is 26.2 Å². The summed E-state index contributed by atoms with van der Waals surface area (Å²) in [7, 11) is 0. The molecule has 0 amide bonds. The maximum Gasteiger partial charge on any atom is 0.160 e. The van der Waals surface area contributed by atoms with E-state index in [-0.39, 0.29) is 18.2 Å². The number of nitrogens with zero attached hydrogens (tertiary/aromatic N) is 1. The summed E-state index contributed by atoms with van der Waals surface area (Å²) >= 11 is 0. The molecule has 1 saturated heterocycles. The van der Waals surface area contributed by atoms with E-state index < -0.39 is 0 Å². The summed E-state index contributed by atoms with van der Waals surface area (Å²) in [5.41, 5.74) is 2.79. The van der Waals surface area contributed by atoms with E-state index in [1.807, 2.05) is 12.1 Å². The van der Waals surface area contributed by atoms with Gasteiger partial charge in [0.25, 0.3) is 0 Å². The molecular formula is C21H28ClNO2. The van der Waals surface area contributed by atoms with Crippen molar-refractivity contribution in [2.24, 2.45) is 5.92 Å². The highest BCUT2D eigenvalue weighted by Crippen LogP contribution is 2.25. The molecule has 0 bridgehead atoms. The molecule has 0 aromatic heterocycles. The van der Waals surface area contributed by atoms with Crippen LogP contribution in [0.25, 0.3) is 0 Å². The van der Waals surface area contributed by atoms with Gasteiger partial charge in [-0.3, -0.25) is 4.90 Å². The first-order chi connectivity index (χ1) is 11.7. The molecule has 3 nitrogen and oxygen atoms in total. The Bertz CT molecular complexity index is 637. The van der Waals surface area contributed by atoms with E-state index in [1.54, 1.807) is 12.1 Å². The van der Waals surface area contributed by atoms with Gasteiger partial charge in [-0.15, -0.1) is 12.4 Å². The van der Waals surface area contributed by atoms with Crippen LogP contribution in [-0.4, -0.2) is 36.2 Å². The van der Waals surface area contributed by atoms with Crippen LogP contribution in [0.3, 0.4) is 0 Å². The zero-order valence-electron chi connectivity index (χ0n) is 14.9. The minimum Gasteiger partial charge on any atom is -0.504 e. The van der Waals surface area contributed by atoms with Crippen LogP contribution < -0.4 is 4.74 Å². The van der Waals surface area contributed by atoms with Crippen molar-refractivity contribution in [3.05, 3.63) is 59.7 Å². The van der Waals surface area contributed by atoms with Gasteiger partial charge in [-0.1, -0.05) is 42.0 Å². The highest BCUT2D eigenvalue weighted by atomic mass is 35.5. The van der Waals surface area contributed by atoms with Crippen molar-refractivity contribution in [3.8, 4) is 11.5 Å². The third-order valence-corrected chi connectivity index (χ3v) is 4.88. The minimum absolute atomic E-state index is 0. The number of benzene rings is 2. The Morgan fingerprint density at radius 1 is 1.04 bits per heavy atom. The zero-order valence-corrected chi connectivity index (χ0v) is 15.7. The Morgan fingerprint density at radius 3 is 2.40 bits per heavy atom. The van der Waals surface area contributed by atoms with E-state index in [1.165, 1.54) is 30.4 Å². The molecule has 2 aromatic rings. The summed E-state index contributed by atoms with van der Waals surface area (Å²) in [4.78, 5) is 2.46. The van der Waals surface area contributed by atoms with Crippen LogP contribution in [0.4, 0.5) is 0 Å². The number of phenolic OH excluding ortho intramolecular Hbond substituents is 1. The molecule has 136 valence electrons. The summed E-state index contributed by atoms with van der Waals surface area (Å²) in [6, 6.07) is 16.1. The number of aromatic hydroxyl groups is 1. The molecule has 1 heterocycles. The van der Waals surface area contributed by atoms with Crippen LogP contribution in [0.2, 0.25) is 0 Å². The number of ether oxygens (including phenoxy) is 1. The Labute approximate surface area is 157 Å². The molecule has 0 spiro atoms. The number of hydrogen-bond donors (Lipinski definition) is 1. The maximum absolute atomic E-state index is 9.70. The number of phenols is 1. The number of halogens is 1. The number of rotatable bonds is 6. The lowest BCUT2D eigenvalue weighted by molar-refractivity contribution is 0.153. The quantitative estimate of drug-likeness (QED) is 0.824. The summed E-state index contributed by atoms with van der Waals surface area (Å²) in [6.07, 6.45) is 3.71. The van der Waals surface area contributed by atoms with E-state index in [4.69, 9.17) is 4.74 Å². The van der Waals surface area contributed by atoms with Gasteiger partial charge in [-0.25, -0.2) is 0 Å². The number of piperidine rings is 1. The van der Waals surface area contributed by atoms with Crippen LogP contribution in [0, 0.1) is 12.8 Å². The fourth-order valence-corrected chi connectivity index (χ4v) is 3.34. The number of likely N-dealkylation sites (tertiary alicyclic amines) is 1. The van der Waals surface area contributed by atoms with Crippen LogP contribution >= 0.6 is 12.4 Å². The molecule has 0 unspecified atom stereocenters. The first-order valence-electron chi connectivity index (χ1n) is 8.89. The molecule has 3 rings (SSSR count). The Hall–Kier alpha value is -1.71. The summed E-state index contributed by atoms with van der Waals surface area (Å²) < 4.78 is 5.68. The smallest absolute Gasteiger partial charge is 0.160 e. The average molecular weight is 362 g/mol. The van der Waals surface area contributed by atoms with Crippen molar-refractivity contribution >= 4 is 12.4 Å². The molecule has 0 saturated carbocycles. The summed E-state index contributed by atoms with van der Waals surface area (Å²) in [5.74, 6) is 1.59. The SMILES string of the molecule is Cc1ccc(CC2CCN(CCOc3ccccc3O)CC2)cc1.Cl. The van der Waals surface area contributed by atoms with Crippen molar-refractivity contribution < 1.29 is 9.84 Å². The topological polar surface area (TPSA) is 32.7 Å². The predicted molar refractivity (Wildman–Crippen MR) is 105 cm³/mol. The van der Waals surface area contributed by atoms with Gasteiger partial charge in [0.1, 0.15) is 6.61 Å². The van der Waals surface area contributed by atoms with Gasteiger partial charge in [0.05, 0.1) is 0 Å². The van der Waals surface area contributed by atoms with Crippen LogP contribution in [0.5, 0.6) is 11.5 Å². The van der Waals surface area contributed by atoms with Crippen LogP contribution in [0.15, 0.2) is 48.5 Å². The average Bonchev–Trinajstić information content (AvgIpc) is 2.60. The molecule has 2 aromatic carbocycles. The molecule has 0 aliphatic carbocycles. The first-order valence-corrected chi connectivity index (χ1v) is 8.89. The van der Waals surface area contributed by atoms with E-state index in [2.05, 4.69) is 36.1 Å². The van der Waals surface area contributed by atoms with Gasteiger partial charge in [0, 0.05) is 6.54 Å². The molecule has 1 aliphatic heterocycles. The van der Waals surface area contributed by atoms with Crippen molar-refractivity contribution in [1.29, 1.82) is 0 Å². The second-order valence-electron chi connectivity index (χ2n) is 6.79. The van der Waals surface area contributed by atoms with Gasteiger partial charge in [0.2, 0.25) is 0 Å². The number of aryl methyl sites for hydroxylation is 1. The highest BCUT2D eigenvalue weighted by Gasteiger charge is 2.19. The fraction of sp³-hybridized carbons (Fsp3) is 0.429. The third kappa shape index (κ3) is 5.94. The molecule has 0 radical (unpaired) electrons. The molecular weight excluding hydrogens is 334 g/mol. The monoisotopic (exact) mass is 361 g/mol. The normalized spacial score (nSPS) is 15.6. The summed E-state index contributed by atoms with van der Waals surface area (Å²) in [5, 5.41) is 9.70. The van der Waals surface area contributed by atoms with E-state index in [9.17, 15) is 5.11 Å². The third-order valence-electron chi connectivity index (χ3n) is 4.88. The number of para-hydroxylation sites is 2. The van der Waals surface area contributed by atoms with Gasteiger partial charge < -0.3 is 9.84 Å². The van der Waals surface area contributed by atoms with E-state index in [0.717, 1.165) is 25.6 Å². The van der Waals surface area contributed by atoms with Gasteiger partial charge in [-0.2, -0.15) is 0 Å². The predicted octanol–water partition coefficient (Wildman–Crippen LogP) is 4.46. The van der Waals surface area contributed by atoms with E-state index in [0.29, 0.717) is 12.4 Å². The maximum atomic E-state index is 9.70. The summed E-state index contributed by atoms with van der Waals surface area (Å²) in [6.45, 7) is 5.96. The first kappa shape index (κ1) is 19.6. The van der Waals surface area contributed by atoms with Gasteiger partial charge in [0.15, 0.2) is 11.5 Å². The Balaban J connectivity index is 0.00000225. The molecule has 0 atom stereocenters. The second-order valence-corrected chi connectivity index (χ2v) is 6.79. The standard InChI is InChI=1S/C21H27NO2.ClH/c1-17-6-8-18(9-7-17)16-19-10-12-22(13-11-19)14-15-24-21-5-3-2-4-20(21)23;/h2-9,19,23H,10-16H2,1H3;1H. The second kappa shape index (κ2) is 9.69. The van der Waals surface area contributed by atoms with Gasteiger partial charge in [-0.05, 0) is 62.9 Å². The largest absolute Gasteiger partial charge is 0.504 e. The minimum atomic E-state index is 0. The van der Waals surface area contributed by atoms with Crippen molar-refractivity contribution in [1.82, 2.24) is 4.90 Å². The van der Waals surface area contributed by atoms with Crippen LogP contribution in [-0.2, 0) is 6.42 Å². The molecule has 4 heteroatoms. The van der Waals surface area contributed by atoms with Crippen LogP contribution in [0.1, 0.15) is 24.0 Å². The fourth-order valence-electron chi connectivity index (χ4n) is 3.34. The Morgan fingerprint density at radius 2 is 1.72 bits per heavy atom. The Kier molecular flexibility index (Phi) is 7.60. The van der Waals surface area contributed by atoms with Crippen molar-refractivity contribution in [3.63, 3.8) is 0 Å². The van der Waals surface area contributed by atoms with E-state index >= 15 is 0 Å².